The zero-order chi connectivity index (χ0) is 23.8. The average Bonchev–Trinajstić information content (AvgIpc) is 2.85. The van der Waals surface area contributed by atoms with Crippen molar-refractivity contribution >= 4 is 46.1 Å². The monoisotopic (exact) mass is 583 g/mol. The van der Waals surface area contributed by atoms with Gasteiger partial charge in [-0.05, 0) is 101 Å². The number of hydrogen-bond donors (Lipinski definition) is 0. The highest BCUT2D eigenvalue weighted by Crippen LogP contribution is 2.35. The fraction of sp³-hybridized carbons (Fsp3) is 0.107. The summed E-state index contributed by atoms with van der Waals surface area (Å²) in [6.07, 6.45) is 1.82. The third-order valence-electron chi connectivity index (χ3n) is 4.81. The zero-order valence-electron chi connectivity index (χ0n) is 18.6. The van der Waals surface area contributed by atoms with Crippen LogP contribution in [-0.2, 0) is 6.61 Å². The lowest BCUT2D eigenvalue weighted by molar-refractivity contribution is 0.267. The van der Waals surface area contributed by atoms with Crippen molar-refractivity contribution in [3.63, 3.8) is 0 Å². The normalized spacial score (nSPS) is 10.9. The van der Waals surface area contributed by atoms with Crippen LogP contribution in [-0.4, -0.2) is 12.8 Å². The van der Waals surface area contributed by atoms with Gasteiger partial charge in [-0.25, -0.2) is 0 Å². The summed E-state index contributed by atoms with van der Waals surface area (Å²) < 4.78 is 18.7. The first-order valence-corrected chi connectivity index (χ1v) is 12.3. The summed E-state index contributed by atoms with van der Waals surface area (Å²) in [4.78, 5) is 4.61. The van der Waals surface area contributed by atoms with Crippen molar-refractivity contribution in [3.8, 4) is 23.0 Å². The highest BCUT2D eigenvalue weighted by molar-refractivity contribution is 14.1. The molecule has 0 saturated heterocycles. The van der Waals surface area contributed by atoms with Crippen molar-refractivity contribution in [2.45, 2.75) is 13.5 Å². The Morgan fingerprint density at radius 2 is 1.56 bits per heavy atom. The molecule has 34 heavy (non-hydrogen) atoms. The van der Waals surface area contributed by atoms with Gasteiger partial charge < -0.3 is 14.2 Å². The first-order chi connectivity index (χ1) is 16.6. The summed E-state index contributed by atoms with van der Waals surface area (Å²) in [6.45, 7) is 2.92. The van der Waals surface area contributed by atoms with Gasteiger partial charge in [0.05, 0.1) is 15.9 Å². The number of para-hydroxylation sites is 1. The molecule has 0 fully saturated rings. The molecular weight excluding hydrogens is 561 g/mol. The van der Waals surface area contributed by atoms with Crippen LogP contribution >= 0.6 is 34.2 Å². The maximum Gasteiger partial charge on any atom is 0.175 e. The van der Waals surface area contributed by atoms with Crippen LogP contribution < -0.4 is 14.2 Å². The second-order valence-electron chi connectivity index (χ2n) is 7.35. The SMILES string of the molecule is CCOc1cc(C=Nc2ccc(Oc3ccccc3)cc2)cc(I)c1OCc1ccc(Cl)cc1. The van der Waals surface area contributed by atoms with Crippen molar-refractivity contribution in [1.82, 2.24) is 0 Å². The number of nitrogens with zero attached hydrogens (tertiary/aromatic N) is 1. The molecular formula is C28H23ClINO3. The minimum Gasteiger partial charge on any atom is -0.490 e. The van der Waals surface area contributed by atoms with Gasteiger partial charge in [0.2, 0.25) is 0 Å². The molecule has 0 unspecified atom stereocenters. The highest BCUT2D eigenvalue weighted by Gasteiger charge is 2.12. The van der Waals surface area contributed by atoms with Gasteiger partial charge in [-0.2, -0.15) is 0 Å². The maximum atomic E-state index is 6.09. The molecule has 0 aliphatic carbocycles. The molecule has 0 aromatic heterocycles. The molecule has 0 saturated carbocycles. The van der Waals surface area contributed by atoms with E-state index in [4.69, 9.17) is 25.8 Å². The van der Waals surface area contributed by atoms with Crippen molar-refractivity contribution in [1.29, 1.82) is 0 Å². The molecule has 0 heterocycles. The summed E-state index contributed by atoms with van der Waals surface area (Å²) in [6, 6.07) is 28.9. The standard InChI is InChI=1S/C28H23ClINO3/c1-2-32-27-17-21(16-26(30)28(27)33-19-20-8-10-22(29)11-9-20)18-31-23-12-14-25(15-13-23)34-24-6-4-3-5-7-24/h3-18H,2,19H2,1H3. The van der Waals surface area contributed by atoms with Crippen LogP contribution in [0.3, 0.4) is 0 Å². The van der Waals surface area contributed by atoms with Crippen LogP contribution in [0.15, 0.2) is 96.0 Å². The summed E-state index contributed by atoms with van der Waals surface area (Å²) in [5, 5.41) is 0.704. The molecule has 0 amide bonds. The number of aliphatic imine (C=N–C) groups is 1. The molecule has 4 aromatic rings. The lowest BCUT2D eigenvalue weighted by Gasteiger charge is -2.15. The Kier molecular flexibility index (Phi) is 8.44. The third kappa shape index (κ3) is 6.74. The van der Waals surface area contributed by atoms with Crippen LogP contribution in [0.25, 0.3) is 0 Å². The average molecular weight is 584 g/mol. The Morgan fingerprint density at radius 3 is 2.26 bits per heavy atom. The maximum absolute atomic E-state index is 6.09. The number of benzene rings is 4. The quantitative estimate of drug-likeness (QED) is 0.147. The Morgan fingerprint density at radius 1 is 0.853 bits per heavy atom. The summed E-state index contributed by atoms with van der Waals surface area (Å²) in [5.41, 5.74) is 2.79. The Hall–Kier alpha value is -3.03. The van der Waals surface area contributed by atoms with Gasteiger partial charge >= 0.3 is 0 Å². The molecule has 0 bridgehead atoms. The molecule has 0 aliphatic heterocycles. The minimum atomic E-state index is 0.429. The molecule has 0 atom stereocenters. The van der Waals surface area contributed by atoms with Crippen molar-refractivity contribution in [2.24, 2.45) is 4.99 Å². The Balaban J connectivity index is 1.46. The fourth-order valence-corrected chi connectivity index (χ4v) is 4.08. The minimum absolute atomic E-state index is 0.429. The van der Waals surface area contributed by atoms with Gasteiger partial charge in [-0.3, -0.25) is 4.99 Å². The van der Waals surface area contributed by atoms with Crippen molar-refractivity contribution in [2.75, 3.05) is 6.61 Å². The smallest absolute Gasteiger partial charge is 0.175 e. The van der Waals surface area contributed by atoms with E-state index in [1.807, 2.05) is 104 Å². The molecule has 0 spiro atoms. The Labute approximate surface area is 218 Å². The van der Waals surface area contributed by atoms with Crippen LogP contribution in [0.2, 0.25) is 5.02 Å². The predicted molar refractivity (Wildman–Crippen MR) is 146 cm³/mol. The molecule has 4 rings (SSSR count). The molecule has 6 heteroatoms. The number of ether oxygens (including phenoxy) is 3. The van der Waals surface area contributed by atoms with E-state index in [1.165, 1.54) is 0 Å². The highest BCUT2D eigenvalue weighted by atomic mass is 127. The van der Waals surface area contributed by atoms with Gasteiger partial charge in [0.15, 0.2) is 11.5 Å². The number of rotatable bonds is 9. The van der Waals surface area contributed by atoms with Crippen molar-refractivity contribution in [3.05, 3.63) is 111 Å². The summed E-state index contributed by atoms with van der Waals surface area (Å²) in [7, 11) is 0. The van der Waals surface area contributed by atoms with E-state index < -0.39 is 0 Å². The molecule has 4 nitrogen and oxygen atoms in total. The topological polar surface area (TPSA) is 40.0 Å². The lowest BCUT2D eigenvalue weighted by Crippen LogP contribution is -2.02. The fourth-order valence-electron chi connectivity index (χ4n) is 3.18. The lowest BCUT2D eigenvalue weighted by atomic mass is 10.2. The number of hydrogen-bond acceptors (Lipinski definition) is 4. The third-order valence-corrected chi connectivity index (χ3v) is 5.86. The largest absolute Gasteiger partial charge is 0.490 e. The van der Waals surface area contributed by atoms with Crippen LogP contribution in [0.5, 0.6) is 23.0 Å². The second-order valence-corrected chi connectivity index (χ2v) is 8.94. The van der Waals surface area contributed by atoms with Crippen molar-refractivity contribution < 1.29 is 14.2 Å². The first-order valence-electron chi connectivity index (χ1n) is 10.8. The van der Waals surface area contributed by atoms with E-state index >= 15 is 0 Å². The van der Waals surface area contributed by atoms with Crippen LogP contribution in [0.1, 0.15) is 18.1 Å². The van der Waals surface area contributed by atoms with Gasteiger partial charge in [-0.15, -0.1) is 0 Å². The molecule has 4 aromatic carbocycles. The first kappa shape index (κ1) is 24.1. The van der Waals surface area contributed by atoms with Gasteiger partial charge in [-0.1, -0.05) is 41.9 Å². The van der Waals surface area contributed by atoms with E-state index in [1.54, 1.807) is 0 Å². The Bertz CT molecular complexity index is 1240. The van der Waals surface area contributed by atoms with Gasteiger partial charge in [0.1, 0.15) is 18.1 Å². The summed E-state index contributed by atoms with van der Waals surface area (Å²) >= 11 is 8.24. The van der Waals surface area contributed by atoms with E-state index in [0.29, 0.717) is 24.0 Å². The van der Waals surface area contributed by atoms with Crippen LogP contribution in [0, 0.1) is 3.57 Å². The predicted octanol–water partition coefficient (Wildman–Crippen LogP) is 8.47. The molecule has 172 valence electrons. The summed E-state index contributed by atoms with van der Waals surface area (Å²) in [5.74, 6) is 2.98. The molecule has 0 aliphatic rings. The van der Waals surface area contributed by atoms with E-state index in [2.05, 4.69) is 27.6 Å². The van der Waals surface area contributed by atoms with E-state index in [0.717, 1.165) is 37.6 Å². The molecule has 0 radical (unpaired) electrons. The van der Waals surface area contributed by atoms with E-state index in [-0.39, 0.29) is 0 Å². The second kappa shape index (κ2) is 11.9. The van der Waals surface area contributed by atoms with Gasteiger partial charge in [0, 0.05) is 11.2 Å². The van der Waals surface area contributed by atoms with E-state index in [9.17, 15) is 0 Å². The zero-order valence-corrected chi connectivity index (χ0v) is 21.5. The van der Waals surface area contributed by atoms with Gasteiger partial charge in [0.25, 0.3) is 0 Å². The van der Waals surface area contributed by atoms with Crippen LogP contribution in [0.4, 0.5) is 5.69 Å². The number of halogens is 2. The molecule has 0 N–H and O–H groups in total.